The molecule has 1 aliphatic rings. The third-order valence-electron chi connectivity index (χ3n) is 5.96. The molecule has 32 heavy (non-hydrogen) atoms. The van der Waals surface area contributed by atoms with Crippen LogP contribution in [0.2, 0.25) is 0 Å². The van der Waals surface area contributed by atoms with Crippen molar-refractivity contribution in [1.82, 2.24) is 30.7 Å². The van der Waals surface area contributed by atoms with Crippen LogP contribution in [0.1, 0.15) is 49.8 Å². The Labute approximate surface area is 187 Å². The molecule has 0 radical (unpaired) electrons. The molecule has 1 heterocycles. The number of benzene rings is 2. The van der Waals surface area contributed by atoms with Gasteiger partial charge in [0.25, 0.3) is 0 Å². The number of urea groups is 1. The molecule has 0 bridgehead atoms. The SMILES string of the molecule is C[C@H](NC(=O)C1(NC(=O)NCc2ccccc2)CCCC1)c1ccc(-n2cncn2)cc1. The Kier molecular flexibility index (Phi) is 6.49. The predicted octanol–water partition coefficient (Wildman–Crippen LogP) is 3.26. The van der Waals surface area contributed by atoms with E-state index >= 15 is 0 Å². The molecule has 1 fully saturated rings. The molecule has 4 rings (SSSR count). The van der Waals surface area contributed by atoms with Gasteiger partial charge >= 0.3 is 6.03 Å². The Morgan fingerprint density at radius 2 is 1.78 bits per heavy atom. The first-order valence-electron chi connectivity index (χ1n) is 10.9. The number of nitrogens with zero attached hydrogens (tertiary/aromatic N) is 3. The largest absolute Gasteiger partial charge is 0.348 e. The third-order valence-corrected chi connectivity index (χ3v) is 5.96. The number of carbonyl (C=O) groups excluding carboxylic acids is 2. The second-order valence-corrected chi connectivity index (χ2v) is 8.21. The van der Waals surface area contributed by atoms with E-state index in [1.165, 1.54) is 6.33 Å². The minimum absolute atomic E-state index is 0.141. The van der Waals surface area contributed by atoms with Crippen LogP contribution in [0.25, 0.3) is 5.69 Å². The summed E-state index contributed by atoms with van der Waals surface area (Å²) < 4.78 is 1.68. The van der Waals surface area contributed by atoms with E-state index in [2.05, 4.69) is 26.0 Å². The smallest absolute Gasteiger partial charge is 0.315 e. The van der Waals surface area contributed by atoms with Gasteiger partial charge in [0.1, 0.15) is 18.2 Å². The zero-order valence-electron chi connectivity index (χ0n) is 18.1. The highest BCUT2D eigenvalue weighted by Gasteiger charge is 2.42. The van der Waals surface area contributed by atoms with Crippen LogP contribution in [0.5, 0.6) is 0 Å². The third kappa shape index (κ3) is 4.96. The van der Waals surface area contributed by atoms with Gasteiger partial charge in [0, 0.05) is 6.54 Å². The highest BCUT2D eigenvalue weighted by Crippen LogP contribution is 2.31. The summed E-state index contributed by atoms with van der Waals surface area (Å²) in [7, 11) is 0. The van der Waals surface area contributed by atoms with Crippen molar-refractivity contribution >= 4 is 11.9 Å². The number of hydrogen-bond donors (Lipinski definition) is 3. The van der Waals surface area contributed by atoms with Crippen LogP contribution >= 0.6 is 0 Å². The molecule has 0 aliphatic heterocycles. The van der Waals surface area contributed by atoms with Crippen molar-refractivity contribution < 1.29 is 9.59 Å². The maximum atomic E-state index is 13.2. The van der Waals surface area contributed by atoms with Crippen LogP contribution in [0, 0.1) is 0 Å². The minimum Gasteiger partial charge on any atom is -0.348 e. The van der Waals surface area contributed by atoms with E-state index in [4.69, 9.17) is 0 Å². The zero-order valence-corrected chi connectivity index (χ0v) is 18.1. The van der Waals surface area contributed by atoms with Gasteiger partial charge in [0.15, 0.2) is 0 Å². The average molecular weight is 433 g/mol. The van der Waals surface area contributed by atoms with E-state index in [1.807, 2.05) is 61.5 Å². The lowest BCUT2D eigenvalue weighted by Gasteiger charge is -2.30. The Morgan fingerprint density at radius 1 is 1.06 bits per heavy atom. The second kappa shape index (κ2) is 9.64. The molecule has 1 aliphatic carbocycles. The molecule has 8 nitrogen and oxygen atoms in total. The van der Waals surface area contributed by atoms with Gasteiger partial charge in [-0.3, -0.25) is 4.79 Å². The predicted molar refractivity (Wildman–Crippen MR) is 121 cm³/mol. The summed E-state index contributed by atoms with van der Waals surface area (Å²) in [6.45, 7) is 2.36. The lowest BCUT2D eigenvalue weighted by atomic mass is 9.95. The monoisotopic (exact) mass is 432 g/mol. The van der Waals surface area contributed by atoms with Crippen LogP contribution < -0.4 is 16.0 Å². The molecule has 3 aromatic rings. The van der Waals surface area contributed by atoms with Crippen molar-refractivity contribution in [2.24, 2.45) is 0 Å². The van der Waals surface area contributed by atoms with E-state index in [1.54, 1.807) is 11.0 Å². The molecule has 3 N–H and O–H groups in total. The number of carbonyl (C=O) groups is 2. The van der Waals surface area contributed by atoms with Crippen molar-refractivity contribution in [2.75, 3.05) is 0 Å². The number of aromatic nitrogens is 3. The van der Waals surface area contributed by atoms with Gasteiger partial charge in [-0.2, -0.15) is 5.10 Å². The summed E-state index contributed by atoms with van der Waals surface area (Å²) in [6, 6.07) is 17.0. The molecule has 8 heteroatoms. The highest BCUT2D eigenvalue weighted by molar-refractivity contribution is 5.91. The van der Waals surface area contributed by atoms with Gasteiger partial charge in [-0.25, -0.2) is 14.5 Å². The fourth-order valence-electron chi connectivity index (χ4n) is 4.10. The first-order chi connectivity index (χ1) is 15.6. The second-order valence-electron chi connectivity index (χ2n) is 8.21. The fourth-order valence-corrected chi connectivity index (χ4v) is 4.10. The van der Waals surface area contributed by atoms with E-state index in [0.717, 1.165) is 29.7 Å². The molecular formula is C24H28N6O2. The van der Waals surface area contributed by atoms with Crippen LogP contribution in [0.4, 0.5) is 4.79 Å². The van der Waals surface area contributed by atoms with Crippen molar-refractivity contribution in [1.29, 1.82) is 0 Å². The zero-order chi connectivity index (χ0) is 22.4. The first kappa shape index (κ1) is 21.5. The van der Waals surface area contributed by atoms with Crippen LogP contribution in [0.3, 0.4) is 0 Å². The van der Waals surface area contributed by atoms with Gasteiger partial charge in [-0.15, -0.1) is 0 Å². The van der Waals surface area contributed by atoms with Crippen molar-refractivity contribution in [3.8, 4) is 5.69 Å². The Hall–Kier alpha value is -3.68. The van der Waals surface area contributed by atoms with Gasteiger partial charge in [-0.1, -0.05) is 55.3 Å². The summed E-state index contributed by atoms with van der Waals surface area (Å²) in [5.41, 5.74) is 2.00. The van der Waals surface area contributed by atoms with Crippen molar-refractivity contribution in [3.63, 3.8) is 0 Å². The molecular weight excluding hydrogens is 404 g/mol. The van der Waals surface area contributed by atoms with E-state index in [9.17, 15) is 9.59 Å². The summed E-state index contributed by atoms with van der Waals surface area (Å²) in [5.74, 6) is -0.141. The number of amides is 3. The maximum absolute atomic E-state index is 13.2. The van der Waals surface area contributed by atoms with Gasteiger partial charge in [0.2, 0.25) is 5.91 Å². The minimum atomic E-state index is -0.879. The molecule has 2 aromatic carbocycles. The first-order valence-corrected chi connectivity index (χ1v) is 10.9. The highest BCUT2D eigenvalue weighted by atomic mass is 16.2. The standard InChI is InChI=1S/C24H28N6O2/c1-18(20-9-11-21(12-10-20)30-17-25-16-27-30)28-22(31)24(13-5-6-14-24)29-23(32)26-15-19-7-3-2-4-8-19/h2-4,7-12,16-18H,5-6,13-15H2,1H3,(H,28,31)(H2,26,29,32)/t18-/m0/s1. The number of rotatable bonds is 7. The van der Waals surface area contributed by atoms with Crippen LogP contribution in [0.15, 0.2) is 67.3 Å². The molecule has 1 atom stereocenters. The molecule has 0 spiro atoms. The average Bonchev–Trinajstić information content (AvgIpc) is 3.52. The van der Waals surface area contributed by atoms with E-state index in [0.29, 0.717) is 19.4 Å². The molecule has 1 aromatic heterocycles. The normalized spacial score (nSPS) is 15.7. The Morgan fingerprint density at radius 3 is 2.44 bits per heavy atom. The fraction of sp³-hybridized carbons (Fsp3) is 0.333. The van der Waals surface area contributed by atoms with E-state index < -0.39 is 5.54 Å². The molecule has 0 unspecified atom stereocenters. The van der Waals surface area contributed by atoms with Crippen molar-refractivity contribution in [3.05, 3.63) is 78.4 Å². The van der Waals surface area contributed by atoms with Gasteiger partial charge < -0.3 is 16.0 Å². The van der Waals surface area contributed by atoms with Crippen molar-refractivity contribution in [2.45, 2.75) is 50.7 Å². The summed E-state index contributed by atoms with van der Waals surface area (Å²) in [5, 5.41) is 13.1. The molecule has 3 amide bonds. The van der Waals surface area contributed by atoms with Gasteiger partial charge in [-0.05, 0) is 43.0 Å². The number of hydrogen-bond acceptors (Lipinski definition) is 4. The lowest BCUT2D eigenvalue weighted by molar-refractivity contribution is -0.127. The Bertz CT molecular complexity index is 1030. The number of nitrogens with one attached hydrogen (secondary N) is 3. The maximum Gasteiger partial charge on any atom is 0.315 e. The lowest BCUT2D eigenvalue weighted by Crippen LogP contribution is -2.59. The van der Waals surface area contributed by atoms with Crippen LogP contribution in [-0.4, -0.2) is 32.2 Å². The summed E-state index contributed by atoms with van der Waals surface area (Å²) in [4.78, 5) is 29.8. The summed E-state index contributed by atoms with van der Waals surface area (Å²) >= 11 is 0. The van der Waals surface area contributed by atoms with E-state index in [-0.39, 0.29) is 18.0 Å². The summed E-state index contributed by atoms with van der Waals surface area (Å²) in [6.07, 6.45) is 6.21. The molecule has 166 valence electrons. The van der Waals surface area contributed by atoms with Gasteiger partial charge in [0.05, 0.1) is 11.7 Å². The molecule has 0 saturated heterocycles. The Balaban J connectivity index is 1.37. The van der Waals surface area contributed by atoms with Crippen LogP contribution in [-0.2, 0) is 11.3 Å². The quantitative estimate of drug-likeness (QED) is 0.533. The topological polar surface area (TPSA) is 101 Å². The molecule has 1 saturated carbocycles.